The molecule has 2 unspecified atom stereocenters. The number of benzene rings is 1. The van der Waals surface area contributed by atoms with Crippen molar-refractivity contribution in [2.75, 3.05) is 27.7 Å². The molecule has 3 nitrogen and oxygen atoms in total. The molecule has 120 valence electrons. The molecular weight excluding hydrogens is 262 g/mol. The highest BCUT2D eigenvalue weighted by atomic mass is 16.5. The highest BCUT2D eigenvalue weighted by Gasteiger charge is 2.35. The van der Waals surface area contributed by atoms with Gasteiger partial charge < -0.3 is 14.7 Å². The number of aliphatic hydroxyl groups is 1. The third-order valence-electron chi connectivity index (χ3n) is 4.29. The maximum absolute atomic E-state index is 11.2. The zero-order valence-corrected chi connectivity index (χ0v) is 14.2. The number of methoxy groups -OCH3 is 1. The molecule has 3 heteroatoms. The Balaban J connectivity index is 3.06. The van der Waals surface area contributed by atoms with Crippen molar-refractivity contribution in [2.24, 2.45) is 0 Å². The molecule has 2 atom stereocenters. The summed E-state index contributed by atoms with van der Waals surface area (Å²) in [5.74, 6) is 0.978. The average Bonchev–Trinajstić information content (AvgIpc) is 2.50. The van der Waals surface area contributed by atoms with Gasteiger partial charge >= 0.3 is 0 Å². The summed E-state index contributed by atoms with van der Waals surface area (Å²) >= 11 is 0. The van der Waals surface area contributed by atoms with Gasteiger partial charge in [-0.15, -0.1) is 0 Å². The predicted molar refractivity (Wildman–Crippen MR) is 89.1 cm³/mol. The van der Waals surface area contributed by atoms with Gasteiger partial charge in [-0.05, 0) is 44.6 Å². The third kappa shape index (κ3) is 5.01. The van der Waals surface area contributed by atoms with Crippen molar-refractivity contribution in [3.8, 4) is 5.75 Å². The van der Waals surface area contributed by atoms with Crippen molar-refractivity contribution in [2.45, 2.75) is 51.0 Å². The SMILES string of the molecule is CCCCC(O)(CC)C(CN(C)C)c1ccc(OC)cc1. The molecule has 0 fully saturated rings. The smallest absolute Gasteiger partial charge is 0.118 e. The van der Waals surface area contributed by atoms with E-state index in [1.165, 1.54) is 5.56 Å². The maximum atomic E-state index is 11.2. The van der Waals surface area contributed by atoms with Gasteiger partial charge in [-0.1, -0.05) is 38.8 Å². The minimum absolute atomic E-state index is 0.120. The molecule has 0 bridgehead atoms. The van der Waals surface area contributed by atoms with Crippen LogP contribution in [0.25, 0.3) is 0 Å². The van der Waals surface area contributed by atoms with E-state index in [9.17, 15) is 5.11 Å². The van der Waals surface area contributed by atoms with Gasteiger partial charge in [0, 0.05) is 12.5 Å². The number of unbranched alkanes of at least 4 members (excludes halogenated alkanes) is 1. The van der Waals surface area contributed by atoms with Crippen LogP contribution in [0.3, 0.4) is 0 Å². The Kier molecular flexibility index (Phi) is 7.20. The summed E-state index contributed by atoms with van der Waals surface area (Å²) < 4.78 is 5.23. The van der Waals surface area contributed by atoms with Crippen LogP contribution in [0.15, 0.2) is 24.3 Å². The first-order chi connectivity index (χ1) is 9.96. The van der Waals surface area contributed by atoms with E-state index in [2.05, 4.69) is 45.0 Å². The van der Waals surface area contributed by atoms with Crippen LogP contribution >= 0.6 is 0 Å². The summed E-state index contributed by atoms with van der Waals surface area (Å²) in [6, 6.07) is 8.13. The van der Waals surface area contributed by atoms with Crippen LogP contribution in [0.5, 0.6) is 5.75 Å². The van der Waals surface area contributed by atoms with Gasteiger partial charge in [-0.25, -0.2) is 0 Å². The number of hydrogen-bond acceptors (Lipinski definition) is 3. The summed E-state index contributed by atoms with van der Waals surface area (Å²) in [6.45, 7) is 5.10. The van der Waals surface area contributed by atoms with Crippen LogP contribution in [0.4, 0.5) is 0 Å². The first-order valence-electron chi connectivity index (χ1n) is 7.97. The van der Waals surface area contributed by atoms with Crippen molar-refractivity contribution >= 4 is 0 Å². The molecular formula is C18H31NO2. The van der Waals surface area contributed by atoms with Gasteiger partial charge in [0.1, 0.15) is 5.75 Å². The fraction of sp³-hybridized carbons (Fsp3) is 0.667. The molecule has 0 aliphatic carbocycles. The number of likely N-dealkylation sites (N-methyl/N-ethyl adjacent to an activating group) is 1. The highest BCUT2D eigenvalue weighted by Crippen LogP contribution is 2.36. The molecule has 0 aromatic heterocycles. The Hall–Kier alpha value is -1.06. The second kappa shape index (κ2) is 8.40. The van der Waals surface area contributed by atoms with Gasteiger partial charge in [0.15, 0.2) is 0 Å². The first-order valence-corrected chi connectivity index (χ1v) is 7.97. The lowest BCUT2D eigenvalue weighted by molar-refractivity contribution is -0.00929. The molecule has 1 aromatic rings. The second-order valence-electron chi connectivity index (χ2n) is 6.15. The van der Waals surface area contributed by atoms with E-state index in [0.717, 1.165) is 38.0 Å². The first kappa shape index (κ1) is 18.0. The van der Waals surface area contributed by atoms with E-state index in [-0.39, 0.29) is 5.92 Å². The van der Waals surface area contributed by atoms with Crippen LogP contribution in [-0.2, 0) is 0 Å². The predicted octanol–water partition coefficient (Wildman–Crippen LogP) is 3.67. The summed E-state index contributed by atoms with van der Waals surface area (Å²) in [7, 11) is 5.80. The molecule has 0 saturated heterocycles. The van der Waals surface area contributed by atoms with E-state index in [1.54, 1.807) is 7.11 Å². The van der Waals surface area contributed by atoms with Crippen molar-refractivity contribution in [1.82, 2.24) is 4.90 Å². The van der Waals surface area contributed by atoms with Crippen molar-refractivity contribution in [1.29, 1.82) is 0 Å². The lowest BCUT2D eigenvalue weighted by atomic mass is 9.76. The quantitative estimate of drug-likeness (QED) is 0.754. The van der Waals surface area contributed by atoms with Crippen LogP contribution in [0.2, 0.25) is 0 Å². The second-order valence-corrected chi connectivity index (χ2v) is 6.15. The lowest BCUT2D eigenvalue weighted by Crippen LogP contribution is -2.41. The summed E-state index contributed by atoms with van der Waals surface area (Å²) in [4.78, 5) is 2.15. The molecule has 0 radical (unpaired) electrons. The zero-order valence-electron chi connectivity index (χ0n) is 14.2. The molecule has 0 saturated carbocycles. The normalized spacial score (nSPS) is 15.8. The Morgan fingerprint density at radius 1 is 1.19 bits per heavy atom. The number of hydrogen-bond donors (Lipinski definition) is 1. The highest BCUT2D eigenvalue weighted by molar-refractivity contribution is 5.31. The Bertz CT molecular complexity index is 402. The van der Waals surface area contributed by atoms with E-state index in [1.807, 2.05) is 12.1 Å². The number of nitrogens with zero attached hydrogens (tertiary/aromatic N) is 1. The van der Waals surface area contributed by atoms with Crippen molar-refractivity contribution in [3.05, 3.63) is 29.8 Å². The van der Waals surface area contributed by atoms with Crippen LogP contribution in [0, 0.1) is 0 Å². The largest absolute Gasteiger partial charge is 0.497 e. The minimum atomic E-state index is -0.644. The van der Waals surface area contributed by atoms with E-state index in [4.69, 9.17) is 4.74 Å². The zero-order chi connectivity index (χ0) is 15.9. The van der Waals surface area contributed by atoms with Gasteiger partial charge in [0.2, 0.25) is 0 Å². The molecule has 0 spiro atoms. The van der Waals surface area contributed by atoms with E-state index >= 15 is 0 Å². The molecule has 1 N–H and O–H groups in total. The minimum Gasteiger partial charge on any atom is -0.497 e. The van der Waals surface area contributed by atoms with Crippen LogP contribution in [-0.4, -0.2) is 43.4 Å². The Morgan fingerprint density at radius 2 is 1.81 bits per heavy atom. The van der Waals surface area contributed by atoms with Crippen molar-refractivity contribution in [3.63, 3.8) is 0 Å². The maximum Gasteiger partial charge on any atom is 0.118 e. The third-order valence-corrected chi connectivity index (χ3v) is 4.29. The molecule has 0 aliphatic heterocycles. The van der Waals surface area contributed by atoms with Gasteiger partial charge in [0.05, 0.1) is 12.7 Å². The van der Waals surface area contributed by atoms with Gasteiger partial charge in [-0.3, -0.25) is 0 Å². The summed E-state index contributed by atoms with van der Waals surface area (Å²) in [5, 5.41) is 11.2. The lowest BCUT2D eigenvalue weighted by Gasteiger charge is -2.38. The molecule has 21 heavy (non-hydrogen) atoms. The van der Waals surface area contributed by atoms with E-state index < -0.39 is 5.60 Å². The average molecular weight is 293 g/mol. The Morgan fingerprint density at radius 3 is 2.24 bits per heavy atom. The Labute approximate surface area is 129 Å². The van der Waals surface area contributed by atoms with Crippen LogP contribution < -0.4 is 4.74 Å². The molecule has 1 rings (SSSR count). The number of rotatable bonds is 9. The summed E-state index contributed by atoms with van der Waals surface area (Å²) in [6.07, 6.45) is 3.80. The van der Waals surface area contributed by atoms with Crippen LogP contribution in [0.1, 0.15) is 51.0 Å². The standard InChI is InChI=1S/C18H31NO2/c1-6-8-13-18(20,7-2)17(14-19(3)4)15-9-11-16(21-5)12-10-15/h9-12,17,20H,6-8,13-14H2,1-5H3. The molecule has 0 aliphatic rings. The molecule has 0 heterocycles. The monoisotopic (exact) mass is 293 g/mol. The van der Waals surface area contributed by atoms with Crippen molar-refractivity contribution < 1.29 is 9.84 Å². The fourth-order valence-corrected chi connectivity index (χ4v) is 2.87. The summed E-state index contributed by atoms with van der Waals surface area (Å²) in [5.41, 5.74) is 0.541. The van der Waals surface area contributed by atoms with Gasteiger partial charge in [-0.2, -0.15) is 0 Å². The fourth-order valence-electron chi connectivity index (χ4n) is 2.87. The molecule has 1 aromatic carbocycles. The van der Waals surface area contributed by atoms with Gasteiger partial charge in [0.25, 0.3) is 0 Å². The topological polar surface area (TPSA) is 32.7 Å². The number of ether oxygens (including phenoxy) is 1. The molecule has 0 amide bonds. The van der Waals surface area contributed by atoms with E-state index in [0.29, 0.717) is 0 Å².